The number of rotatable bonds is 6. The predicted octanol–water partition coefficient (Wildman–Crippen LogP) is 3.25. The molecule has 2 saturated heterocycles. The van der Waals surface area contributed by atoms with Crippen LogP contribution in [0.5, 0.6) is 5.88 Å². The largest absolute Gasteiger partial charge is 0.474 e. The van der Waals surface area contributed by atoms with Crippen LogP contribution in [0, 0.1) is 0 Å². The van der Waals surface area contributed by atoms with Crippen LogP contribution >= 0.6 is 0 Å². The lowest BCUT2D eigenvalue weighted by molar-refractivity contribution is 0.00381. The van der Waals surface area contributed by atoms with Crippen molar-refractivity contribution in [3.05, 3.63) is 46.5 Å². The third kappa shape index (κ3) is 3.33. The molecule has 2 aliphatic carbocycles. The van der Waals surface area contributed by atoms with Gasteiger partial charge >= 0.3 is 0 Å². The van der Waals surface area contributed by atoms with E-state index < -0.39 is 5.91 Å². The van der Waals surface area contributed by atoms with Crippen molar-refractivity contribution >= 4 is 22.6 Å². The second-order valence-electron chi connectivity index (χ2n) is 10.1. The van der Waals surface area contributed by atoms with Gasteiger partial charge in [0.25, 0.3) is 11.5 Å². The number of pyridine rings is 2. The Morgan fingerprint density at radius 3 is 2.79 bits per heavy atom. The van der Waals surface area contributed by atoms with Crippen molar-refractivity contribution in [3.63, 3.8) is 0 Å². The Bertz CT molecular complexity index is 1330. The highest BCUT2D eigenvalue weighted by Gasteiger charge is 2.61. The molecule has 2 saturated carbocycles. The van der Waals surface area contributed by atoms with Crippen LogP contribution in [0.4, 0.5) is 5.69 Å². The normalized spacial score (nSPS) is 25.9. The summed E-state index contributed by atoms with van der Waals surface area (Å²) in [5.41, 5.74) is 0.635. The average molecular weight is 450 g/mol. The Kier molecular flexibility index (Phi) is 4.27. The topological polar surface area (TPSA) is 100 Å². The van der Waals surface area contributed by atoms with Crippen molar-refractivity contribution in [2.75, 3.05) is 11.9 Å². The summed E-state index contributed by atoms with van der Waals surface area (Å²) in [7, 11) is 0. The number of anilines is 1. The fraction of sp³-hybridized carbons (Fsp3) is 0.500. The maximum absolute atomic E-state index is 13.3. The Balaban J connectivity index is 1.36. The fourth-order valence-corrected chi connectivity index (χ4v) is 5.18. The summed E-state index contributed by atoms with van der Waals surface area (Å²) in [6.45, 7) is 6.50. The summed E-state index contributed by atoms with van der Waals surface area (Å²) in [6.07, 6.45) is 7.31. The van der Waals surface area contributed by atoms with Crippen LogP contribution in [0.2, 0.25) is 0 Å². The minimum absolute atomic E-state index is 0.0639. The predicted molar refractivity (Wildman–Crippen MR) is 122 cm³/mol. The van der Waals surface area contributed by atoms with Gasteiger partial charge in [-0.05, 0) is 51.8 Å². The molecule has 33 heavy (non-hydrogen) atoms. The molecule has 9 nitrogen and oxygen atoms in total. The number of hydrogen-bond donors (Lipinski definition) is 1. The summed E-state index contributed by atoms with van der Waals surface area (Å²) >= 11 is 0. The van der Waals surface area contributed by atoms with Crippen LogP contribution in [-0.2, 0) is 10.3 Å². The fourth-order valence-electron chi connectivity index (χ4n) is 5.18. The van der Waals surface area contributed by atoms with Gasteiger partial charge in [-0.25, -0.2) is 0 Å². The maximum atomic E-state index is 13.3. The zero-order valence-electron chi connectivity index (χ0n) is 19.0. The Hall–Kier alpha value is -3.20. The van der Waals surface area contributed by atoms with Gasteiger partial charge in [0.2, 0.25) is 5.88 Å². The first-order chi connectivity index (χ1) is 15.8. The van der Waals surface area contributed by atoms with E-state index in [-0.39, 0.29) is 46.0 Å². The highest BCUT2D eigenvalue weighted by molar-refractivity contribution is 6.07. The van der Waals surface area contributed by atoms with Crippen LogP contribution in [0.25, 0.3) is 11.0 Å². The Morgan fingerprint density at radius 2 is 2.12 bits per heavy atom. The summed E-state index contributed by atoms with van der Waals surface area (Å²) in [5.74, 6) is -0.227. The quantitative estimate of drug-likeness (QED) is 0.620. The van der Waals surface area contributed by atoms with Crippen molar-refractivity contribution in [3.8, 4) is 5.88 Å². The number of hydrogen-bond acceptors (Lipinski definition) is 6. The van der Waals surface area contributed by atoms with E-state index in [0.29, 0.717) is 12.3 Å². The number of nitrogens with one attached hydrogen (secondary N) is 1. The summed E-state index contributed by atoms with van der Waals surface area (Å²) in [4.78, 5) is 30.6. The summed E-state index contributed by atoms with van der Waals surface area (Å²) in [5, 5.41) is 8.22. The molecule has 172 valence electrons. The molecule has 0 unspecified atom stereocenters. The minimum Gasteiger partial charge on any atom is -0.474 e. The lowest BCUT2D eigenvalue weighted by Crippen LogP contribution is -2.49. The van der Waals surface area contributed by atoms with Gasteiger partial charge in [0.1, 0.15) is 11.3 Å². The maximum Gasteiger partial charge on any atom is 0.274 e. The zero-order chi connectivity index (χ0) is 23.0. The molecule has 0 radical (unpaired) electrons. The number of aromatic nitrogens is 4. The molecular weight excluding hydrogens is 422 g/mol. The SMILES string of the molecule is CC(C)Oc1nc2nn(C34COC(C)(C3)C4)cc2cc1C(=O)Nc1cccn(C2CC2)c1=O. The number of nitrogens with zero attached hydrogens (tertiary/aromatic N) is 4. The third-order valence-electron chi connectivity index (χ3n) is 6.80. The molecule has 3 aromatic heterocycles. The highest BCUT2D eigenvalue weighted by atomic mass is 16.5. The van der Waals surface area contributed by atoms with E-state index in [0.717, 1.165) is 31.1 Å². The van der Waals surface area contributed by atoms with Crippen LogP contribution < -0.4 is 15.6 Å². The van der Waals surface area contributed by atoms with E-state index in [1.807, 2.05) is 24.7 Å². The molecule has 1 amide bonds. The smallest absolute Gasteiger partial charge is 0.274 e. The molecule has 9 heteroatoms. The van der Waals surface area contributed by atoms with E-state index in [2.05, 4.69) is 17.2 Å². The average Bonchev–Trinajstić information content (AvgIpc) is 3.28. The Morgan fingerprint density at radius 1 is 1.33 bits per heavy atom. The van der Waals surface area contributed by atoms with Crippen molar-refractivity contribution in [2.24, 2.45) is 0 Å². The first kappa shape index (κ1) is 20.4. The standard InChI is InChI=1S/C24H27N5O4/c1-14(2)33-21-17(20(30)25-18-5-4-8-28(22(18)31)16-6-7-16)9-15-10-29(27-19(15)26-21)24-11-23(3,12-24)32-13-24/h4-5,8-10,14,16H,6-7,11-13H2,1-3H3,(H,25,30). The van der Waals surface area contributed by atoms with E-state index >= 15 is 0 Å². The number of ether oxygens (including phenoxy) is 2. The number of carbonyl (C=O) groups is 1. The van der Waals surface area contributed by atoms with Crippen LogP contribution in [0.1, 0.15) is 62.9 Å². The molecule has 4 fully saturated rings. The Labute approximate surface area is 190 Å². The molecule has 0 atom stereocenters. The number of carbonyl (C=O) groups excluding carboxylic acids is 1. The molecule has 7 rings (SSSR count). The molecule has 4 aliphatic rings. The van der Waals surface area contributed by atoms with Gasteiger partial charge < -0.3 is 19.4 Å². The first-order valence-electron chi connectivity index (χ1n) is 11.5. The second-order valence-corrected chi connectivity index (χ2v) is 10.1. The van der Waals surface area contributed by atoms with E-state index in [1.54, 1.807) is 29.0 Å². The summed E-state index contributed by atoms with van der Waals surface area (Å²) in [6, 6.07) is 5.37. The molecule has 2 bridgehead atoms. The van der Waals surface area contributed by atoms with Gasteiger partial charge in [-0.1, -0.05) is 0 Å². The number of fused-ring (bicyclic) bond motifs is 2. The molecule has 5 heterocycles. The van der Waals surface area contributed by atoms with E-state index in [4.69, 9.17) is 14.6 Å². The van der Waals surface area contributed by atoms with E-state index in [1.165, 1.54) is 0 Å². The van der Waals surface area contributed by atoms with Crippen molar-refractivity contribution in [2.45, 2.75) is 69.7 Å². The van der Waals surface area contributed by atoms with Gasteiger partial charge in [0, 0.05) is 36.7 Å². The van der Waals surface area contributed by atoms with Crippen molar-refractivity contribution in [1.82, 2.24) is 19.3 Å². The lowest BCUT2D eigenvalue weighted by atomic mass is 9.69. The van der Waals surface area contributed by atoms with Gasteiger partial charge in [-0.15, -0.1) is 0 Å². The van der Waals surface area contributed by atoms with Gasteiger partial charge in [-0.2, -0.15) is 10.1 Å². The molecule has 3 aromatic rings. The summed E-state index contributed by atoms with van der Waals surface area (Å²) < 4.78 is 15.4. The monoisotopic (exact) mass is 449 g/mol. The second kappa shape index (κ2) is 6.90. The lowest BCUT2D eigenvalue weighted by Gasteiger charge is -2.42. The van der Waals surface area contributed by atoms with Gasteiger partial charge in [0.05, 0.1) is 23.9 Å². The third-order valence-corrected chi connectivity index (χ3v) is 6.80. The minimum atomic E-state index is -0.433. The zero-order valence-corrected chi connectivity index (χ0v) is 19.0. The van der Waals surface area contributed by atoms with Crippen LogP contribution in [-0.4, -0.2) is 43.6 Å². The van der Waals surface area contributed by atoms with Gasteiger partial charge in [0.15, 0.2) is 5.65 Å². The first-order valence-corrected chi connectivity index (χ1v) is 11.5. The van der Waals surface area contributed by atoms with Crippen molar-refractivity contribution in [1.29, 1.82) is 0 Å². The molecule has 2 aliphatic heterocycles. The van der Waals surface area contributed by atoms with Crippen LogP contribution in [0.15, 0.2) is 35.4 Å². The van der Waals surface area contributed by atoms with Crippen molar-refractivity contribution < 1.29 is 14.3 Å². The highest BCUT2D eigenvalue weighted by Crippen LogP contribution is 2.55. The van der Waals surface area contributed by atoms with Gasteiger partial charge in [-0.3, -0.25) is 14.3 Å². The van der Waals surface area contributed by atoms with E-state index in [9.17, 15) is 9.59 Å². The van der Waals surface area contributed by atoms with Crippen LogP contribution in [0.3, 0.4) is 0 Å². The molecular formula is C24H27N5O4. The molecule has 0 aromatic carbocycles. The number of amides is 1. The molecule has 0 spiro atoms. The molecule has 1 N–H and O–H groups in total.